The first-order valence-corrected chi connectivity index (χ1v) is 10.5. The highest BCUT2D eigenvalue weighted by Gasteiger charge is 2.25. The molecule has 0 saturated carbocycles. The Kier molecular flexibility index (Phi) is 5.98. The van der Waals surface area contributed by atoms with Gasteiger partial charge >= 0.3 is 5.69 Å². The molecule has 3 heterocycles. The van der Waals surface area contributed by atoms with Crippen molar-refractivity contribution in [1.82, 2.24) is 24.3 Å². The lowest BCUT2D eigenvalue weighted by Crippen LogP contribution is -2.51. The number of amides is 2. The molecule has 9 nitrogen and oxygen atoms in total. The number of hydrogen-bond acceptors (Lipinski definition) is 5. The monoisotopic (exact) mass is 413 g/mol. The first-order chi connectivity index (χ1) is 14.5. The number of aromatic nitrogens is 2. The number of likely N-dealkylation sites (tertiary alicyclic amines) is 1. The van der Waals surface area contributed by atoms with Gasteiger partial charge in [-0.1, -0.05) is 12.1 Å². The summed E-state index contributed by atoms with van der Waals surface area (Å²) in [5.74, 6) is 0.152. The van der Waals surface area contributed by atoms with E-state index in [1.807, 2.05) is 4.90 Å². The van der Waals surface area contributed by atoms with Gasteiger partial charge in [0.1, 0.15) is 0 Å². The maximum absolute atomic E-state index is 12.7. The van der Waals surface area contributed by atoms with Gasteiger partial charge in [-0.2, -0.15) is 0 Å². The second-order valence-corrected chi connectivity index (χ2v) is 7.92. The average molecular weight is 413 g/mol. The molecular formula is C21H27N5O4. The van der Waals surface area contributed by atoms with Gasteiger partial charge in [0.15, 0.2) is 0 Å². The highest BCUT2D eigenvalue weighted by atomic mass is 16.2. The molecule has 2 aliphatic rings. The second-order valence-electron chi connectivity index (χ2n) is 7.92. The van der Waals surface area contributed by atoms with Crippen LogP contribution in [0.5, 0.6) is 0 Å². The van der Waals surface area contributed by atoms with Crippen molar-refractivity contribution in [2.75, 3.05) is 45.8 Å². The number of carbonyl (C=O) groups is 2. The standard InChI is InChI=1S/C21H27N5O4/c27-18(7-10-26-17-6-2-1-5-16(17)20(29)22-21(26)30)25-13-11-23(12-14-25)15-19(28)24-8-3-4-9-24/h1-2,5-6H,3-4,7-15H2,(H,22,29,30). The number of H-pyrrole nitrogens is 1. The molecule has 2 aliphatic heterocycles. The van der Waals surface area contributed by atoms with E-state index in [-0.39, 0.29) is 24.8 Å². The normalized spacial score (nSPS) is 17.6. The summed E-state index contributed by atoms with van der Waals surface area (Å²) in [5.41, 5.74) is -0.390. The zero-order chi connectivity index (χ0) is 21.1. The molecule has 2 amide bonds. The fourth-order valence-corrected chi connectivity index (χ4v) is 4.24. The van der Waals surface area contributed by atoms with Crippen molar-refractivity contribution in [3.8, 4) is 0 Å². The second kappa shape index (κ2) is 8.83. The average Bonchev–Trinajstić information content (AvgIpc) is 3.29. The zero-order valence-electron chi connectivity index (χ0n) is 17.0. The largest absolute Gasteiger partial charge is 0.342 e. The van der Waals surface area contributed by atoms with Gasteiger partial charge < -0.3 is 9.80 Å². The summed E-state index contributed by atoms with van der Waals surface area (Å²) >= 11 is 0. The van der Waals surface area contributed by atoms with E-state index in [1.165, 1.54) is 4.57 Å². The molecule has 2 saturated heterocycles. The SMILES string of the molecule is O=C(CCn1c(=O)[nH]c(=O)c2ccccc21)N1CCN(CC(=O)N2CCCC2)CC1. The van der Waals surface area contributed by atoms with Crippen molar-refractivity contribution in [2.24, 2.45) is 0 Å². The molecule has 0 atom stereocenters. The molecule has 4 rings (SSSR count). The van der Waals surface area contributed by atoms with Gasteiger partial charge in [0.2, 0.25) is 11.8 Å². The Bertz CT molecular complexity index is 1050. The van der Waals surface area contributed by atoms with E-state index in [2.05, 4.69) is 9.88 Å². The molecule has 1 aromatic carbocycles. The highest BCUT2D eigenvalue weighted by molar-refractivity contribution is 5.79. The molecular weight excluding hydrogens is 386 g/mol. The fourth-order valence-electron chi connectivity index (χ4n) is 4.24. The Morgan fingerprint density at radius 2 is 1.53 bits per heavy atom. The van der Waals surface area contributed by atoms with Crippen molar-refractivity contribution in [2.45, 2.75) is 25.8 Å². The van der Waals surface area contributed by atoms with Crippen LogP contribution in [0.3, 0.4) is 0 Å². The molecule has 2 fully saturated rings. The molecule has 1 aromatic heterocycles. The van der Waals surface area contributed by atoms with Crippen molar-refractivity contribution in [3.05, 3.63) is 45.1 Å². The van der Waals surface area contributed by atoms with Crippen LogP contribution in [0.2, 0.25) is 0 Å². The summed E-state index contributed by atoms with van der Waals surface area (Å²) in [5, 5.41) is 0.431. The van der Waals surface area contributed by atoms with Crippen LogP contribution >= 0.6 is 0 Å². The quantitative estimate of drug-likeness (QED) is 0.735. The van der Waals surface area contributed by atoms with Gasteiger partial charge in [0.05, 0.1) is 17.4 Å². The summed E-state index contributed by atoms with van der Waals surface area (Å²) in [6, 6.07) is 6.88. The van der Waals surface area contributed by atoms with E-state index < -0.39 is 11.2 Å². The molecule has 0 bridgehead atoms. The number of nitrogens with zero attached hydrogens (tertiary/aromatic N) is 4. The van der Waals surface area contributed by atoms with Crippen LogP contribution in [0.15, 0.2) is 33.9 Å². The van der Waals surface area contributed by atoms with Crippen LogP contribution in [0.1, 0.15) is 19.3 Å². The minimum Gasteiger partial charge on any atom is -0.342 e. The maximum atomic E-state index is 12.7. The van der Waals surface area contributed by atoms with Gasteiger partial charge in [-0.3, -0.25) is 28.8 Å². The lowest BCUT2D eigenvalue weighted by molar-refractivity contribution is -0.134. The molecule has 30 heavy (non-hydrogen) atoms. The topological polar surface area (TPSA) is 98.7 Å². The minimum absolute atomic E-state index is 0.0253. The van der Waals surface area contributed by atoms with Crippen LogP contribution in [-0.4, -0.2) is 81.9 Å². The van der Waals surface area contributed by atoms with Crippen molar-refractivity contribution in [3.63, 3.8) is 0 Å². The number of benzene rings is 1. The number of hydrogen-bond donors (Lipinski definition) is 1. The molecule has 2 aromatic rings. The summed E-state index contributed by atoms with van der Waals surface area (Å²) in [6.45, 7) is 4.84. The fraction of sp³-hybridized carbons (Fsp3) is 0.524. The van der Waals surface area contributed by atoms with Crippen LogP contribution in [0, 0.1) is 0 Å². The Hall–Kier alpha value is -2.94. The lowest BCUT2D eigenvalue weighted by atomic mass is 10.2. The third-order valence-corrected chi connectivity index (χ3v) is 6.00. The number of rotatable bonds is 5. The van der Waals surface area contributed by atoms with E-state index in [1.54, 1.807) is 29.2 Å². The summed E-state index contributed by atoms with van der Waals surface area (Å²) in [6.07, 6.45) is 2.35. The molecule has 1 N–H and O–H groups in total. The number of piperazine rings is 1. The number of fused-ring (bicyclic) bond motifs is 1. The van der Waals surface area contributed by atoms with Crippen LogP contribution in [0.25, 0.3) is 10.9 Å². The van der Waals surface area contributed by atoms with E-state index in [0.29, 0.717) is 43.6 Å². The van der Waals surface area contributed by atoms with Gasteiger partial charge in [-0.05, 0) is 25.0 Å². The Balaban J connectivity index is 1.32. The molecule has 160 valence electrons. The third-order valence-electron chi connectivity index (χ3n) is 6.00. The van der Waals surface area contributed by atoms with E-state index in [4.69, 9.17) is 0 Å². The smallest absolute Gasteiger partial charge is 0.328 e. The molecule has 0 unspecified atom stereocenters. The Morgan fingerprint density at radius 1 is 0.867 bits per heavy atom. The van der Waals surface area contributed by atoms with Gasteiger partial charge in [-0.25, -0.2) is 4.79 Å². The number of para-hydroxylation sites is 1. The van der Waals surface area contributed by atoms with Crippen LogP contribution in [-0.2, 0) is 16.1 Å². The Labute approximate surface area is 173 Å². The lowest BCUT2D eigenvalue weighted by Gasteiger charge is -2.35. The predicted molar refractivity (Wildman–Crippen MR) is 112 cm³/mol. The molecule has 0 radical (unpaired) electrons. The Morgan fingerprint density at radius 3 is 2.27 bits per heavy atom. The van der Waals surface area contributed by atoms with E-state index in [9.17, 15) is 19.2 Å². The number of aryl methyl sites for hydroxylation is 1. The summed E-state index contributed by atoms with van der Waals surface area (Å²) < 4.78 is 1.44. The van der Waals surface area contributed by atoms with Gasteiger partial charge in [0.25, 0.3) is 5.56 Å². The van der Waals surface area contributed by atoms with E-state index in [0.717, 1.165) is 25.9 Å². The summed E-state index contributed by atoms with van der Waals surface area (Å²) in [7, 11) is 0. The first kappa shape index (κ1) is 20.3. The van der Waals surface area contributed by atoms with Gasteiger partial charge in [-0.15, -0.1) is 0 Å². The number of aromatic amines is 1. The first-order valence-electron chi connectivity index (χ1n) is 10.5. The zero-order valence-corrected chi connectivity index (χ0v) is 17.0. The third kappa shape index (κ3) is 4.30. The molecule has 0 aliphatic carbocycles. The van der Waals surface area contributed by atoms with Crippen molar-refractivity contribution < 1.29 is 9.59 Å². The number of carbonyl (C=O) groups excluding carboxylic acids is 2. The molecule has 9 heteroatoms. The number of nitrogens with one attached hydrogen (secondary N) is 1. The van der Waals surface area contributed by atoms with Crippen LogP contribution in [0.4, 0.5) is 0 Å². The minimum atomic E-state index is -0.503. The predicted octanol–water partition coefficient (Wildman–Crippen LogP) is -0.153. The van der Waals surface area contributed by atoms with Crippen molar-refractivity contribution in [1.29, 1.82) is 0 Å². The van der Waals surface area contributed by atoms with Crippen LogP contribution < -0.4 is 11.2 Å². The van der Waals surface area contributed by atoms with Gasteiger partial charge in [0, 0.05) is 52.2 Å². The molecule has 0 spiro atoms. The highest BCUT2D eigenvalue weighted by Crippen LogP contribution is 2.11. The maximum Gasteiger partial charge on any atom is 0.328 e. The van der Waals surface area contributed by atoms with Crippen molar-refractivity contribution >= 4 is 22.7 Å². The van der Waals surface area contributed by atoms with E-state index >= 15 is 0 Å². The summed E-state index contributed by atoms with van der Waals surface area (Å²) in [4.78, 5) is 57.3.